The monoisotopic (exact) mass is 486 g/mol. The Kier molecular flexibility index (Phi) is 6.55. The number of carbonyl (C=O) groups excluding carboxylic acids is 2. The number of aromatic nitrogens is 5. The molecule has 2 aromatic heterocycles. The molecule has 2 amide bonds. The first-order chi connectivity index (χ1) is 16.9. The van der Waals surface area contributed by atoms with Crippen LogP contribution in [0.25, 0.3) is 11.4 Å². The van der Waals surface area contributed by atoms with Crippen LogP contribution in [0.15, 0.2) is 30.6 Å². The summed E-state index contributed by atoms with van der Waals surface area (Å²) in [5.41, 5.74) is 1.28. The largest absolute Gasteiger partial charge is 0.494 e. The molecule has 11 nitrogen and oxygen atoms in total. The number of aryl methyl sites for hydroxylation is 1. The van der Waals surface area contributed by atoms with E-state index < -0.39 is 16.6 Å². The number of hydrogen-bond donors (Lipinski definition) is 2. The molecule has 1 aliphatic rings. The van der Waals surface area contributed by atoms with E-state index in [0.717, 1.165) is 0 Å². The Morgan fingerprint density at radius 2 is 1.94 bits per heavy atom. The molecule has 1 saturated heterocycles. The summed E-state index contributed by atoms with van der Waals surface area (Å²) >= 11 is 0. The average Bonchev–Trinajstić information content (AvgIpc) is 3.34. The number of anilines is 3. The van der Waals surface area contributed by atoms with E-state index in [-0.39, 0.29) is 11.6 Å². The van der Waals surface area contributed by atoms with Crippen LogP contribution >= 0.6 is 0 Å². The molecule has 14 heteroatoms. The molecular weight excluding hydrogens is 457 g/mol. The van der Waals surface area contributed by atoms with Crippen LogP contribution in [0, 0.1) is 5.41 Å². The highest BCUT2D eigenvalue weighted by atomic mass is 16.5. The summed E-state index contributed by atoms with van der Waals surface area (Å²) in [5.74, 6) is 0.959. The van der Waals surface area contributed by atoms with Crippen molar-refractivity contribution in [2.75, 3.05) is 23.9 Å². The summed E-state index contributed by atoms with van der Waals surface area (Å²) in [6.07, 6.45) is 2.31. The Morgan fingerprint density at radius 1 is 1.19 bits per heavy atom. The van der Waals surface area contributed by atoms with Crippen molar-refractivity contribution in [1.29, 1.82) is 0 Å². The highest BCUT2D eigenvalue weighted by Crippen LogP contribution is 2.38. The minimum atomic E-state index is -0.481. The second-order valence-electron chi connectivity index (χ2n) is 10.5. The molecule has 1 aliphatic heterocycles. The van der Waals surface area contributed by atoms with Crippen LogP contribution in [0.1, 0.15) is 30.8 Å². The second kappa shape index (κ2) is 9.32. The molecule has 2 N–H and O–H groups in total. The van der Waals surface area contributed by atoms with Gasteiger partial charge in [0.2, 0.25) is 5.91 Å². The zero-order valence-corrected chi connectivity index (χ0v) is 21.7. The van der Waals surface area contributed by atoms with Crippen molar-refractivity contribution < 1.29 is 14.3 Å². The van der Waals surface area contributed by atoms with Crippen LogP contribution in [0.3, 0.4) is 0 Å². The van der Waals surface area contributed by atoms with E-state index >= 15 is 0 Å². The Hall–Kier alpha value is -3.83. The molecule has 4 rings (SSSR count). The molecule has 0 aliphatic carbocycles. The predicted molar refractivity (Wildman–Crippen MR) is 145 cm³/mol. The van der Waals surface area contributed by atoms with Gasteiger partial charge < -0.3 is 15.4 Å². The van der Waals surface area contributed by atoms with Gasteiger partial charge in [-0.3, -0.25) is 19.2 Å². The van der Waals surface area contributed by atoms with E-state index in [4.69, 9.17) is 4.74 Å². The molecule has 0 unspecified atom stereocenters. The van der Waals surface area contributed by atoms with Crippen LogP contribution < -0.4 is 20.3 Å². The lowest BCUT2D eigenvalue weighted by Gasteiger charge is -2.23. The quantitative estimate of drug-likeness (QED) is 0.409. The van der Waals surface area contributed by atoms with Crippen LogP contribution in [-0.4, -0.2) is 79.2 Å². The summed E-state index contributed by atoms with van der Waals surface area (Å²) < 4.78 is 7.32. The van der Waals surface area contributed by atoms with Crippen molar-refractivity contribution in [3.8, 4) is 17.1 Å². The number of methoxy groups -OCH3 is 1. The van der Waals surface area contributed by atoms with Crippen molar-refractivity contribution in [1.82, 2.24) is 30.3 Å². The van der Waals surface area contributed by atoms with E-state index in [1.807, 2.05) is 55.6 Å². The smallest absolute Gasteiger partial charge is 0.272 e. The minimum absolute atomic E-state index is 0.0320. The zero-order chi connectivity index (χ0) is 26.3. The van der Waals surface area contributed by atoms with E-state index in [0.29, 0.717) is 47.3 Å². The molecule has 3 aromatic rings. The van der Waals surface area contributed by atoms with Crippen LogP contribution in [0.2, 0.25) is 0 Å². The molecule has 0 atom stereocenters. The standard InChI is InChI=1S/C22H29B3N8O3/c1-21(2)8-9-33(20(21)35)15-10-14(16(30-29-15)19(34)28-22(23,24)25)27-13-7-5-6-12(17(13)36-4)18-26-11-32(3)31-18/h5-7,10-11H,8-9,23-25H2,1-4H3,(H,27,29)(H,28,34). The predicted octanol–water partition coefficient (Wildman–Crippen LogP) is -0.972. The third kappa shape index (κ3) is 5.07. The molecule has 36 heavy (non-hydrogen) atoms. The molecule has 0 bridgehead atoms. The number of rotatable bonds is 7. The van der Waals surface area contributed by atoms with Crippen LogP contribution in [-0.2, 0) is 11.8 Å². The number of carbonyl (C=O) groups is 2. The number of ether oxygens (including phenoxy) is 1. The first-order valence-electron chi connectivity index (χ1n) is 11.7. The zero-order valence-electron chi connectivity index (χ0n) is 21.7. The first-order valence-corrected chi connectivity index (χ1v) is 11.7. The molecule has 0 radical (unpaired) electrons. The van der Waals surface area contributed by atoms with Gasteiger partial charge >= 0.3 is 0 Å². The maximum Gasteiger partial charge on any atom is 0.272 e. The lowest BCUT2D eigenvalue weighted by atomic mass is 9.49. The molecule has 0 saturated carbocycles. The maximum atomic E-state index is 13.1. The summed E-state index contributed by atoms with van der Waals surface area (Å²) in [4.78, 5) is 32.0. The molecule has 184 valence electrons. The average molecular weight is 486 g/mol. The Bertz CT molecular complexity index is 1320. The molecular formula is C22H29B3N8O3. The van der Waals surface area contributed by atoms with E-state index in [1.54, 1.807) is 36.1 Å². The van der Waals surface area contributed by atoms with Gasteiger partial charge in [-0.15, -0.1) is 10.2 Å². The molecule has 0 spiro atoms. The number of nitrogens with zero attached hydrogens (tertiary/aromatic N) is 6. The fraction of sp³-hybridized carbons (Fsp3) is 0.364. The topological polar surface area (TPSA) is 127 Å². The van der Waals surface area contributed by atoms with Gasteiger partial charge in [0.05, 0.1) is 24.0 Å². The molecule has 1 aromatic carbocycles. The normalized spacial score (nSPS) is 15.1. The van der Waals surface area contributed by atoms with Crippen molar-refractivity contribution in [3.63, 3.8) is 0 Å². The van der Waals surface area contributed by atoms with E-state index in [1.165, 1.54) is 0 Å². The summed E-state index contributed by atoms with van der Waals surface area (Å²) in [6.45, 7) is 4.35. The SMILES string of the molecule is BC(B)(B)NC(=O)c1nnc(N2CCC(C)(C)C2=O)cc1Nc1cccc(-c2ncn(C)n2)c1OC. The first kappa shape index (κ1) is 25.3. The third-order valence-electron chi connectivity index (χ3n) is 5.87. The van der Waals surface area contributed by atoms with E-state index in [2.05, 4.69) is 30.9 Å². The number of benzene rings is 1. The number of amides is 2. The van der Waals surface area contributed by atoms with Gasteiger partial charge in [0.15, 0.2) is 23.1 Å². The fourth-order valence-corrected chi connectivity index (χ4v) is 4.00. The van der Waals surface area contributed by atoms with Gasteiger partial charge in [0.1, 0.15) is 29.9 Å². The minimum Gasteiger partial charge on any atom is -0.494 e. The van der Waals surface area contributed by atoms with Gasteiger partial charge in [0.25, 0.3) is 5.91 Å². The lowest BCUT2D eigenvalue weighted by Crippen LogP contribution is -2.50. The Labute approximate surface area is 212 Å². The summed E-state index contributed by atoms with van der Waals surface area (Å²) in [6, 6.07) is 7.19. The van der Waals surface area contributed by atoms with Gasteiger partial charge in [-0.2, -0.15) is 5.10 Å². The Balaban J connectivity index is 1.78. The van der Waals surface area contributed by atoms with Gasteiger partial charge in [-0.25, -0.2) is 4.98 Å². The van der Waals surface area contributed by atoms with Crippen molar-refractivity contribution in [3.05, 3.63) is 36.3 Å². The highest BCUT2D eigenvalue weighted by Gasteiger charge is 2.40. The summed E-state index contributed by atoms with van der Waals surface area (Å²) in [5, 5.41) is 18.6. The third-order valence-corrected chi connectivity index (χ3v) is 5.87. The molecule has 3 heterocycles. The number of nitrogens with one attached hydrogen (secondary N) is 2. The fourth-order valence-electron chi connectivity index (χ4n) is 4.00. The van der Waals surface area contributed by atoms with E-state index in [9.17, 15) is 9.59 Å². The highest BCUT2D eigenvalue weighted by molar-refractivity contribution is 6.60. The summed E-state index contributed by atoms with van der Waals surface area (Å²) in [7, 11) is 9.00. The van der Waals surface area contributed by atoms with Gasteiger partial charge in [-0.05, 0) is 23.8 Å². The number of hydrogen-bond acceptors (Lipinski definition) is 8. The van der Waals surface area contributed by atoms with Crippen LogP contribution in [0.5, 0.6) is 5.75 Å². The second-order valence-corrected chi connectivity index (χ2v) is 10.5. The number of para-hydroxylation sites is 1. The van der Waals surface area contributed by atoms with Crippen molar-refractivity contribution in [2.45, 2.75) is 25.5 Å². The van der Waals surface area contributed by atoms with Gasteiger partial charge in [-0.1, -0.05) is 19.9 Å². The van der Waals surface area contributed by atoms with Gasteiger partial charge in [0, 0.05) is 25.1 Å². The van der Waals surface area contributed by atoms with Crippen LogP contribution in [0.4, 0.5) is 17.2 Å². The van der Waals surface area contributed by atoms with Crippen molar-refractivity contribution in [2.24, 2.45) is 12.5 Å². The lowest BCUT2D eigenvalue weighted by molar-refractivity contribution is -0.124. The van der Waals surface area contributed by atoms with Crippen molar-refractivity contribution >= 4 is 52.5 Å². The maximum absolute atomic E-state index is 13.1. The Morgan fingerprint density at radius 3 is 2.53 bits per heavy atom. The molecule has 1 fully saturated rings.